The predicted molar refractivity (Wildman–Crippen MR) is 211 cm³/mol. The molecule has 5 aliphatic rings. The van der Waals surface area contributed by atoms with Gasteiger partial charge in [0.15, 0.2) is 0 Å². The molecular weight excluding hydrogens is 707 g/mol. The highest BCUT2D eigenvalue weighted by atomic mass is 16.2. The number of benzene rings is 2. The van der Waals surface area contributed by atoms with Crippen LogP contribution in [0.15, 0.2) is 67.0 Å². The molecule has 0 bridgehead atoms. The summed E-state index contributed by atoms with van der Waals surface area (Å²) in [4.78, 5) is 73.5. The van der Waals surface area contributed by atoms with Crippen LogP contribution >= 0.6 is 0 Å². The van der Waals surface area contributed by atoms with Gasteiger partial charge in [-0.1, -0.05) is 31.2 Å². The lowest BCUT2D eigenvalue weighted by molar-refractivity contribution is -0.137. The largest absolute Gasteiger partial charge is 0.366 e. The summed E-state index contributed by atoms with van der Waals surface area (Å²) < 4.78 is 2.28. The molecule has 0 radical (unpaired) electrons. The minimum atomic E-state index is -0.632. The quantitative estimate of drug-likeness (QED) is 0.248. The van der Waals surface area contributed by atoms with Crippen LogP contribution in [0.3, 0.4) is 0 Å². The van der Waals surface area contributed by atoms with Gasteiger partial charge in [-0.3, -0.25) is 29.5 Å². The molecule has 8 heterocycles. The summed E-state index contributed by atoms with van der Waals surface area (Å²) in [5, 5.41) is 4.50. The second-order valence-corrected chi connectivity index (χ2v) is 15.7. The SMILES string of the molecule is CCc1nc(-c2cccc3cc(-c4ccc(N5C[C@H]6CCN(c7cccc8c7CN(C7CCC(=O)NC7=O)C8=O)[C@H]6C5)nc4)ncc23)c2n1CCN(C(C)=O)C2. The van der Waals surface area contributed by atoms with Gasteiger partial charge in [0.25, 0.3) is 5.91 Å². The number of imidazole rings is 1. The molecule has 0 saturated carbocycles. The summed E-state index contributed by atoms with van der Waals surface area (Å²) in [5.41, 5.74) is 7.49. The summed E-state index contributed by atoms with van der Waals surface area (Å²) in [6.45, 7) is 8.76. The number of anilines is 2. The zero-order valence-corrected chi connectivity index (χ0v) is 31.6. The van der Waals surface area contributed by atoms with Gasteiger partial charge in [-0.2, -0.15) is 0 Å². The average molecular weight is 750 g/mol. The molecule has 1 unspecified atom stereocenters. The van der Waals surface area contributed by atoms with Gasteiger partial charge in [0, 0.05) is 111 Å². The Morgan fingerprint density at radius 1 is 0.893 bits per heavy atom. The third-order valence-electron chi connectivity index (χ3n) is 12.6. The van der Waals surface area contributed by atoms with Gasteiger partial charge >= 0.3 is 0 Å². The van der Waals surface area contributed by atoms with E-state index in [-0.39, 0.29) is 30.2 Å². The summed E-state index contributed by atoms with van der Waals surface area (Å²) in [6.07, 6.45) is 6.31. The molecule has 4 amide bonds. The van der Waals surface area contributed by atoms with Gasteiger partial charge < -0.3 is 24.2 Å². The maximum Gasteiger partial charge on any atom is 0.255 e. The smallest absolute Gasteiger partial charge is 0.255 e. The number of amides is 4. The second kappa shape index (κ2) is 13.3. The number of hydrogen-bond donors (Lipinski definition) is 1. The molecule has 3 aromatic heterocycles. The number of imide groups is 1. The van der Waals surface area contributed by atoms with E-state index in [0.717, 1.165) is 101 Å². The first-order valence-corrected chi connectivity index (χ1v) is 19.7. The number of piperidine rings is 1. The number of rotatable bonds is 6. The molecule has 3 fully saturated rings. The molecule has 2 aromatic carbocycles. The van der Waals surface area contributed by atoms with E-state index in [1.807, 2.05) is 29.4 Å². The maximum atomic E-state index is 13.5. The van der Waals surface area contributed by atoms with Crippen molar-refractivity contribution in [2.75, 3.05) is 36.0 Å². The lowest BCUT2D eigenvalue weighted by Gasteiger charge is -2.30. The molecule has 0 spiro atoms. The Morgan fingerprint density at radius 2 is 1.75 bits per heavy atom. The van der Waals surface area contributed by atoms with E-state index in [4.69, 9.17) is 15.0 Å². The summed E-state index contributed by atoms with van der Waals surface area (Å²) in [5.74, 6) is 1.70. The molecule has 3 saturated heterocycles. The molecule has 3 atom stereocenters. The van der Waals surface area contributed by atoms with Gasteiger partial charge in [-0.05, 0) is 48.6 Å². The Bertz CT molecular complexity index is 2460. The fourth-order valence-electron chi connectivity index (χ4n) is 9.74. The van der Waals surface area contributed by atoms with Crippen LogP contribution in [0.1, 0.15) is 60.5 Å². The standard InChI is InChI=1S/C43H43N9O4/c1-3-38-46-41(37-24-48(25(2)53)16-17-51(37)38)29-7-4-6-26-18-33(44-20-31(26)29)27-10-12-39(45-19-27)49-21-28-14-15-50(36(28)23-49)34-9-5-8-30-32(34)22-52(43(30)56)35-11-13-40(54)47-42(35)55/h4-10,12,18-20,28,35-36H,3,11,13-17,21-24H2,1-2H3,(H,47,54,55)/t28-,35?,36+/m1/s1. The first-order chi connectivity index (χ1) is 27.2. The van der Waals surface area contributed by atoms with Crippen LogP contribution in [-0.2, 0) is 40.4 Å². The van der Waals surface area contributed by atoms with Gasteiger partial charge in [0.2, 0.25) is 17.7 Å². The first kappa shape index (κ1) is 34.4. The normalized spacial score (nSPS) is 21.8. The van der Waals surface area contributed by atoms with Crippen molar-refractivity contribution in [3.05, 3.63) is 89.6 Å². The predicted octanol–water partition coefficient (Wildman–Crippen LogP) is 4.56. The van der Waals surface area contributed by atoms with Gasteiger partial charge in [0.1, 0.15) is 17.7 Å². The molecule has 10 rings (SSSR count). The van der Waals surface area contributed by atoms with E-state index in [1.165, 1.54) is 0 Å². The molecule has 0 aliphatic carbocycles. The highest BCUT2D eigenvalue weighted by Gasteiger charge is 2.45. The lowest BCUT2D eigenvalue weighted by Crippen LogP contribution is -2.52. The first-order valence-electron chi connectivity index (χ1n) is 19.7. The summed E-state index contributed by atoms with van der Waals surface area (Å²) in [6, 6.07) is 18.1. The number of carbonyl (C=O) groups is 4. The highest BCUT2D eigenvalue weighted by molar-refractivity contribution is 6.06. The molecule has 5 aliphatic heterocycles. The number of nitrogens with one attached hydrogen (secondary N) is 1. The highest BCUT2D eigenvalue weighted by Crippen LogP contribution is 2.42. The van der Waals surface area contributed by atoms with E-state index in [1.54, 1.807) is 11.8 Å². The Morgan fingerprint density at radius 3 is 2.55 bits per heavy atom. The Balaban J connectivity index is 0.866. The monoisotopic (exact) mass is 749 g/mol. The van der Waals surface area contributed by atoms with Crippen LogP contribution in [0.5, 0.6) is 0 Å². The fourth-order valence-corrected chi connectivity index (χ4v) is 9.74. The van der Waals surface area contributed by atoms with Gasteiger partial charge in [-0.15, -0.1) is 0 Å². The molecule has 5 aromatic rings. The van der Waals surface area contributed by atoms with Crippen LogP contribution in [0, 0.1) is 5.92 Å². The van der Waals surface area contributed by atoms with Crippen molar-refractivity contribution in [1.82, 2.24) is 34.6 Å². The van der Waals surface area contributed by atoms with Crippen molar-refractivity contribution in [3.8, 4) is 22.5 Å². The third kappa shape index (κ3) is 5.54. The third-order valence-corrected chi connectivity index (χ3v) is 12.6. The molecular formula is C43H43N9O4. The Labute approximate surface area is 324 Å². The zero-order chi connectivity index (χ0) is 38.2. The van der Waals surface area contributed by atoms with E-state index < -0.39 is 11.9 Å². The number of nitrogens with zero attached hydrogens (tertiary/aromatic N) is 8. The van der Waals surface area contributed by atoms with Crippen LogP contribution in [0.4, 0.5) is 11.5 Å². The molecule has 284 valence electrons. The number of fused-ring (bicyclic) bond motifs is 4. The van der Waals surface area contributed by atoms with E-state index in [2.05, 4.69) is 69.1 Å². The summed E-state index contributed by atoms with van der Waals surface area (Å²) in [7, 11) is 0. The lowest BCUT2D eigenvalue weighted by atomic mass is 10.0. The number of hydrogen-bond acceptors (Lipinski definition) is 9. The number of pyridine rings is 2. The van der Waals surface area contributed by atoms with Crippen LogP contribution in [-0.4, -0.2) is 91.2 Å². The molecule has 13 heteroatoms. The van der Waals surface area contributed by atoms with Crippen molar-refractivity contribution >= 4 is 45.9 Å². The van der Waals surface area contributed by atoms with Gasteiger partial charge in [-0.25, -0.2) is 9.97 Å². The van der Waals surface area contributed by atoms with Crippen LogP contribution in [0.2, 0.25) is 0 Å². The minimum absolute atomic E-state index is 0.0789. The van der Waals surface area contributed by atoms with E-state index >= 15 is 0 Å². The summed E-state index contributed by atoms with van der Waals surface area (Å²) >= 11 is 0. The van der Waals surface area contributed by atoms with Crippen molar-refractivity contribution in [2.45, 2.75) is 71.2 Å². The molecule has 13 nitrogen and oxygen atoms in total. The van der Waals surface area contributed by atoms with Crippen molar-refractivity contribution < 1.29 is 19.2 Å². The molecule has 56 heavy (non-hydrogen) atoms. The van der Waals surface area contributed by atoms with Crippen molar-refractivity contribution in [2.24, 2.45) is 5.92 Å². The zero-order valence-electron chi connectivity index (χ0n) is 31.6. The van der Waals surface area contributed by atoms with Crippen LogP contribution in [0.25, 0.3) is 33.3 Å². The maximum absolute atomic E-state index is 13.5. The van der Waals surface area contributed by atoms with E-state index in [9.17, 15) is 19.2 Å². The van der Waals surface area contributed by atoms with Gasteiger partial charge in [0.05, 0.1) is 29.7 Å². The average Bonchev–Trinajstić information content (AvgIpc) is 3.99. The topological polar surface area (TPSA) is 137 Å². The Hall–Kier alpha value is -6.11. The number of aryl methyl sites for hydroxylation is 1. The minimum Gasteiger partial charge on any atom is -0.366 e. The second-order valence-electron chi connectivity index (χ2n) is 15.7. The van der Waals surface area contributed by atoms with Crippen molar-refractivity contribution in [1.29, 1.82) is 0 Å². The van der Waals surface area contributed by atoms with Crippen molar-refractivity contribution in [3.63, 3.8) is 0 Å². The molecule has 1 N–H and O–H groups in total. The Kier molecular flexibility index (Phi) is 8.15. The number of aromatic nitrogens is 4. The van der Waals surface area contributed by atoms with E-state index in [0.29, 0.717) is 37.5 Å². The van der Waals surface area contributed by atoms with Crippen LogP contribution < -0.4 is 15.1 Å². The number of carbonyl (C=O) groups excluding carboxylic acids is 4. The fraction of sp³-hybridized carbons (Fsp3) is 0.372.